The Hall–Kier alpha value is -1.96. The molecule has 9 heteroatoms. The van der Waals surface area contributed by atoms with E-state index < -0.39 is 13.4 Å². The van der Waals surface area contributed by atoms with Crippen molar-refractivity contribution in [1.82, 2.24) is 0 Å². The minimum absolute atomic E-state index is 0.166. The monoisotopic (exact) mass is 425 g/mol. The number of halogens is 1. The van der Waals surface area contributed by atoms with Gasteiger partial charge in [-0.2, -0.15) is 0 Å². The van der Waals surface area contributed by atoms with Crippen molar-refractivity contribution in [3.63, 3.8) is 0 Å². The third-order valence-corrected chi connectivity index (χ3v) is 5.40. The van der Waals surface area contributed by atoms with E-state index >= 15 is 0 Å². The summed E-state index contributed by atoms with van der Waals surface area (Å²) in [5.74, 6) is 1.00. The predicted octanol–water partition coefficient (Wildman–Crippen LogP) is 3.36. The van der Waals surface area contributed by atoms with E-state index in [1.807, 2.05) is 24.3 Å². The molecule has 1 fully saturated rings. The van der Waals surface area contributed by atoms with Crippen molar-refractivity contribution in [2.45, 2.75) is 30.7 Å². The summed E-state index contributed by atoms with van der Waals surface area (Å²) in [6.45, 7) is 0.453. The average Bonchev–Trinajstić information content (AvgIpc) is 3.07. The van der Waals surface area contributed by atoms with E-state index in [4.69, 9.17) is 25.0 Å². The molecular weight excluding hydrogens is 400 g/mol. The van der Waals surface area contributed by atoms with Gasteiger partial charge in [0.05, 0.1) is 6.61 Å². The summed E-state index contributed by atoms with van der Waals surface area (Å²) < 4.78 is 39.7. The molecule has 7 nitrogen and oxygen atoms in total. The second kappa shape index (κ2) is 9.24. The van der Waals surface area contributed by atoms with Crippen LogP contribution in [0.2, 0.25) is 0 Å². The van der Waals surface area contributed by atoms with Crippen LogP contribution in [-0.2, 0) is 9.09 Å². The molecule has 0 aromatic heterocycles. The van der Waals surface area contributed by atoms with Crippen LogP contribution in [0.15, 0.2) is 48.5 Å². The highest BCUT2D eigenvalue weighted by Gasteiger charge is 2.38. The normalized spacial score (nSPS) is 21.9. The Morgan fingerprint density at radius 3 is 2.45 bits per heavy atom. The Morgan fingerprint density at radius 1 is 1.10 bits per heavy atom. The Balaban J connectivity index is 1.44. The molecule has 0 heterocycles. The van der Waals surface area contributed by atoms with E-state index in [1.54, 1.807) is 12.1 Å². The lowest BCUT2D eigenvalue weighted by Gasteiger charge is -2.24. The molecule has 0 amide bonds. The molecular formula is C20H25FNO6P. The zero-order valence-electron chi connectivity index (χ0n) is 15.9. The quantitative estimate of drug-likeness (QED) is 0.417. The summed E-state index contributed by atoms with van der Waals surface area (Å²) in [7, 11) is -4.52. The van der Waals surface area contributed by atoms with Crippen LogP contribution in [0.4, 0.5) is 4.39 Å². The number of ether oxygens (including phenoxy) is 2. The number of benzene rings is 2. The highest BCUT2D eigenvalue weighted by atomic mass is 31.2. The van der Waals surface area contributed by atoms with Gasteiger partial charge in [-0.05, 0) is 55.0 Å². The van der Waals surface area contributed by atoms with E-state index in [1.165, 1.54) is 12.1 Å². The molecule has 2 aromatic carbocycles. The number of hydrogen-bond acceptors (Lipinski definition) is 5. The smallest absolute Gasteiger partial charge is 0.469 e. The first-order chi connectivity index (χ1) is 13.7. The number of nitrogens with two attached hydrogens (primary N) is 1. The third kappa shape index (κ3) is 6.80. The summed E-state index contributed by atoms with van der Waals surface area (Å²) in [4.78, 5) is 17.7. The predicted molar refractivity (Wildman–Crippen MR) is 105 cm³/mol. The fourth-order valence-electron chi connectivity index (χ4n) is 3.50. The maximum Gasteiger partial charge on any atom is 0.469 e. The Labute approximate surface area is 168 Å². The lowest BCUT2D eigenvalue weighted by molar-refractivity contribution is 0.153. The molecule has 3 rings (SSSR count). The first-order valence-electron chi connectivity index (χ1n) is 9.33. The van der Waals surface area contributed by atoms with Crippen molar-refractivity contribution in [3.8, 4) is 11.5 Å². The standard InChI is InChI=1S/C20H25FNO6P/c21-17-2-1-3-19(12-17)27-11-10-26-18-6-4-15(5-7-18)16-8-9-20(22,13-16)14-28-29(23,24)25/h1-7,12,16H,8-11,13-14,22H2,(H2,23,24,25)/t16-,20-/m1/s1. The van der Waals surface area contributed by atoms with E-state index in [2.05, 4.69) is 4.52 Å². The summed E-state index contributed by atoms with van der Waals surface area (Å²) in [5, 5.41) is 0. The van der Waals surface area contributed by atoms with Crippen molar-refractivity contribution in [3.05, 3.63) is 59.9 Å². The number of phosphoric ester groups is 1. The molecule has 29 heavy (non-hydrogen) atoms. The highest BCUT2D eigenvalue weighted by molar-refractivity contribution is 7.46. The van der Waals surface area contributed by atoms with E-state index in [-0.39, 0.29) is 18.3 Å². The maximum absolute atomic E-state index is 13.1. The molecule has 158 valence electrons. The first kappa shape index (κ1) is 21.7. The minimum Gasteiger partial charge on any atom is -0.490 e. The van der Waals surface area contributed by atoms with Gasteiger partial charge in [0.1, 0.15) is 30.5 Å². The minimum atomic E-state index is -4.52. The van der Waals surface area contributed by atoms with Gasteiger partial charge in [0, 0.05) is 11.6 Å². The van der Waals surface area contributed by atoms with Gasteiger partial charge in [0.2, 0.25) is 0 Å². The molecule has 0 bridgehead atoms. The highest BCUT2D eigenvalue weighted by Crippen LogP contribution is 2.43. The van der Waals surface area contributed by atoms with Gasteiger partial charge in [-0.1, -0.05) is 18.2 Å². The summed E-state index contributed by atoms with van der Waals surface area (Å²) in [6.07, 6.45) is 2.05. The Kier molecular flexibility index (Phi) is 6.93. The molecule has 2 atom stereocenters. The second-order valence-electron chi connectivity index (χ2n) is 7.29. The summed E-state index contributed by atoms with van der Waals surface area (Å²) in [6, 6.07) is 13.6. The molecule has 2 aromatic rings. The van der Waals surface area contributed by atoms with Crippen LogP contribution in [-0.4, -0.2) is 35.1 Å². The van der Waals surface area contributed by atoms with Crippen molar-refractivity contribution < 1.29 is 32.7 Å². The van der Waals surface area contributed by atoms with E-state index in [0.717, 1.165) is 12.0 Å². The summed E-state index contributed by atoms with van der Waals surface area (Å²) in [5.41, 5.74) is 6.59. The van der Waals surface area contributed by atoms with Gasteiger partial charge in [0.25, 0.3) is 0 Å². The Morgan fingerprint density at radius 2 is 1.79 bits per heavy atom. The third-order valence-electron chi connectivity index (χ3n) is 4.93. The fraction of sp³-hybridized carbons (Fsp3) is 0.400. The molecule has 0 aliphatic heterocycles. The molecule has 0 radical (unpaired) electrons. The van der Waals surface area contributed by atoms with Crippen LogP contribution < -0.4 is 15.2 Å². The van der Waals surface area contributed by atoms with Gasteiger partial charge in [-0.25, -0.2) is 8.96 Å². The van der Waals surface area contributed by atoms with Crippen LogP contribution in [0.5, 0.6) is 11.5 Å². The molecule has 0 unspecified atom stereocenters. The molecule has 0 saturated heterocycles. The van der Waals surface area contributed by atoms with Crippen LogP contribution in [0, 0.1) is 5.82 Å². The van der Waals surface area contributed by atoms with Crippen LogP contribution in [0.3, 0.4) is 0 Å². The van der Waals surface area contributed by atoms with Crippen LogP contribution in [0.1, 0.15) is 30.7 Å². The fourth-order valence-corrected chi connectivity index (χ4v) is 3.92. The molecule has 1 aliphatic rings. The number of hydrogen-bond donors (Lipinski definition) is 3. The van der Waals surface area contributed by atoms with Crippen molar-refractivity contribution >= 4 is 7.82 Å². The van der Waals surface area contributed by atoms with Crippen molar-refractivity contribution in [2.75, 3.05) is 19.8 Å². The zero-order valence-corrected chi connectivity index (χ0v) is 16.8. The zero-order chi connectivity index (χ0) is 20.9. The molecule has 1 saturated carbocycles. The average molecular weight is 425 g/mol. The number of rotatable bonds is 9. The van der Waals surface area contributed by atoms with Crippen molar-refractivity contribution in [1.29, 1.82) is 0 Å². The van der Waals surface area contributed by atoms with Gasteiger partial charge in [-0.3, -0.25) is 4.52 Å². The van der Waals surface area contributed by atoms with Crippen LogP contribution >= 0.6 is 7.82 Å². The van der Waals surface area contributed by atoms with E-state index in [9.17, 15) is 8.96 Å². The SMILES string of the molecule is N[C@]1(COP(=O)(O)O)CC[C@@H](c2ccc(OCCOc3cccc(F)c3)cc2)C1. The van der Waals surface area contributed by atoms with E-state index in [0.29, 0.717) is 37.6 Å². The van der Waals surface area contributed by atoms with Gasteiger partial charge >= 0.3 is 7.82 Å². The van der Waals surface area contributed by atoms with Gasteiger partial charge < -0.3 is 25.0 Å². The van der Waals surface area contributed by atoms with Gasteiger partial charge in [0.15, 0.2) is 0 Å². The maximum atomic E-state index is 13.1. The van der Waals surface area contributed by atoms with Crippen molar-refractivity contribution in [2.24, 2.45) is 5.73 Å². The second-order valence-corrected chi connectivity index (χ2v) is 8.53. The summed E-state index contributed by atoms with van der Waals surface area (Å²) >= 11 is 0. The lowest BCUT2D eigenvalue weighted by Crippen LogP contribution is -2.41. The molecule has 0 spiro atoms. The molecule has 4 N–H and O–H groups in total. The van der Waals surface area contributed by atoms with Crippen LogP contribution in [0.25, 0.3) is 0 Å². The topological polar surface area (TPSA) is 111 Å². The lowest BCUT2D eigenvalue weighted by atomic mass is 9.94. The van der Waals surface area contributed by atoms with Gasteiger partial charge in [-0.15, -0.1) is 0 Å². The largest absolute Gasteiger partial charge is 0.490 e. The molecule has 1 aliphatic carbocycles. The number of phosphoric acid groups is 1. The first-order valence-corrected chi connectivity index (χ1v) is 10.9. The Bertz CT molecular complexity index is 858.